The number of carbonyl (C=O) groups is 1. The summed E-state index contributed by atoms with van der Waals surface area (Å²) in [6.07, 6.45) is 3.47. The van der Waals surface area contributed by atoms with Crippen molar-refractivity contribution in [2.75, 3.05) is 18.4 Å². The Morgan fingerprint density at radius 3 is 3.08 bits per heavy atom. The first kappa shape index (κ1) is 17.0. The average Bonchev–Trinajstić information content (AvgIpc) is 3.05. The standard InChI is InChI=1S/C15H19BrN6O2/c16-11-3-4-12(18-7-11)20-15(23)10-2-1-5-22(8-10)9-13-19-14(6-17)24-21-13/h3-4,7,10H,1-2,5-6,8-9,17H2,(H,18,20,23). The van der Waals surface area contributed by atoms with Gasteiger partial charge in [-0.05, 0) is 47.4 Å². The summed E-state index contributed by atoms with van der Waals surface area (Å²) < 4.78 is 5.89. The molecule has 1 fully saturated rings. The molecule has 0 aliphatic carbocycles. The molecule has 3 heterocycles. The van der Waals surface area contributed by atoms with E-state index in [0.717, 1.165) is 23.9 Å². The lowest BCUT2D eigenvalue weighted by atomic mass is 9.97. The molecule has 24 heavy (non-hydrogen) atoms. The van der Waals surface area contributed by atoms with Crippen LogP contribution >= 0.6 is 15.9 Å². The number of piperidine rings is 1. The minimum Gasteiger partial charge on any atom is -0.338 e. The Morgan fingerprint density at radius 1 is 1.50 bits per heavy atom. The number of carbonyl (C=O) groups excluding carboxylic acids is 1. The summed E-state index contributed by atoms with van der Waals surface area (Å²) in [4.78, 5) is 23.0. The van der Waals surface area contributed by atoms with Crippen LogP contribution in [0.5, 0.6) is 0 Å². The fourth-order valence-corrected chi connectivity index (χ4v) is 2.96. The number of amides is 1. The second-order valence-corrected chi connectivity index (χ2v) is 6.65. The van der Waals surface area contributed by atoms with Crippen LogP contribution in [0.2, 0.25) is 0 Å². The van der Waals surface area contributed by atoms with E-state index in [9.17, 15) is 4.79 Å². The minimum absolute atomic E-state index is 0.00900. The summed E-state index contributed by atoms with van der Waals surface area (Å²) in [5, 5.41) is 6.78. The van der Waals surface area contributed by atoms with Crippen molar-refractivity contribution in [3.8, 4) is 0 Å². The zero-order valence-electron chi connectivity index (χ0n) is 13.1. The van der Waals surface area contributed by atoms with E-state index >= 15 is 0 Å². The van der Waals surface area contributed by atoms with E-state index < -0.39 is 0 Å². The van der Waals surface area contributed by atoms with Gasteiger partial charge in [-0.1, -0.05) is 5.16 Å². The highest BCUT2D eigenvalue weighted by molar-refractivity contribution is 9.10. The maximum Gasteiger partial charge on any atom is 0.240 e. The number of nitrogens with two attached hydrogens (primary N) is 1. The number of likely N-dealkylation sites (tertiary alicyclic amines) is 1. The molecule has 2 aromatic rings. The highest BCUT2D eigenvalue weighted by Crippen LogP contribution is 2.20. The Hall–Kier alpha value is -1.84. The van der Waals surface area contributed by atoms with E-state index in [1.807, 2.05) is 6.07 Å². The average molecular weight is 395 g/mol. The molecule has 0 spiro atoms. The Kier molecular flexibility index (Phi) is 5.54. The molecule has 1 saturated heterocycles. The van der Waals surface area contributed by atoms with Gasteiger partial charge in [0.1, 0.15) is 5.82 Å². The number of nitrogens with one attached hydrogen (secondary N) is 1. The van der Waals surface area contributed by atoms with Crippen molar-refractivity contribution in [1.82, 2.24) is 20.0 Å². The smallest absolute Gasteiger partial charge is 0.240 e. The van der Waals surface area contributed by atoms with Crippen molar-refractivity contribution in [1.29, 1.82) is 0 Å². The van der Waals surface area contributed by atoms with Crippen LogP contribution in [-0.2, 0) is 17.9 Å². The molecule has 8 nitrogen and oxygen atoms in total. The quantitative estimate of drug-likeness (QED) is 0.790. The van der Waals surface area contributed by atoms with E-state index in [-0.39, 0.29) is 18.4 Å². The van der Waals surface area contributed by atoms with Gasteiger partial charge < -0.3 is 15.6 Å². The van der Waals surface area contributed by atoms with Crippen LogP contribution in [0.3, 0.4) is 0 Å². The van der Waals surface area contributed by atoms with Crippen molar-refractivity contribution in [3.63, 3.8) is 0 Å². The third-order valence-corrected chi connectivity index (χ3v) is 4.37. The number of anilines is 1. The molecule has 1 aliphatic heterocycles. The number of nitrogens with zero attached hydrogens (tertiary/aromatic N) is 4. The Balaban J connectivity index is 1.56. The Morgan fingerprint density at radius 2 is 2.38 bits per heavy atom. The molecule has 0 radical (unpaired) electrons. The topological polar surface area (TPSA) is 110 Å². The SMILES string of the molecule is NCc1nc(CN2CCCC(C(=O)Nc3ccc(Br)cn3)C2)no1. The lowest BCUT2D eigenvalue weighted by molar-refractivity contribution is -0.121. The monoisotopic (exact) mass is 394 g/mol. The van der Waals surface area contributed by atoms with Gasteiger partial charge in [-0.15, -0.1) is 0 Å². The van der Waals surface area contributed by atoms with Crippen molar-refractivity contribution >= 4 is 27.7 Å². The summed E-state index contributed by atoms with van der Waals surface area (Å²) in [5.74, 6) is 1.50. The predicted octanol–water partition coefficient (Wildman–Crippen LogP) is 1.54. The first-order valence-corrected chi connectivity index (χ1v) is 8.59. The van der Waals surface area contributed by atoms with Crippen LogP contribution in [0, 0.1) is 5.92 Å². The summed E-state index contributed by atoms with van der Waals surface area (Å²) in [5.41, 5.74) is 5.47. The molecule has 1 aliphatic rings. The number of pyridine rings is 1. The van der Waals surface area contributed by atoms with Gasteiger partial charge in [-0.2, -0.15) is 4.98 Å². The zero-order chi connectivity index (χ0) is 16.9. The van der Waals surface area contributed by atoms with Crippen LogP contribution in [0.1, 0.15) is 24.6 Å². The van der Waals surface area contributed by atoms with Crippen LogP contribution in [0.15, 0.2) is 27.3 Å². The van der Waals surface area contributed by atoms with E-state index in [1.165, 1.54) is 0 Å². The normalized spacial score (nSPS) is 18.5. The van der Waals surface area contributed by atoms with Crippen LogP contribution < -0.4 is 11.1 Å². The molecule has 2 aromatic heterocycles. The zero-order valence-corrected chi connectivity index (χ0v) is 14.7. The number of rotatable bonds is 5. The largest absolute Gasteiger partial charge is 0.338 e. The third-order valence-electron chi connectivity index (χ3n) is 3.90. The molecule has 128 valence electrons. The van der Waals surface area contributed by atoms with Gasteiger partial charge in [0, 0.05) is 17.2 Å². The maximum atomic E-state index is 12.4. The maximum absolute atomic E-state index is 12.4. The van der Waals surface area contributed by atoms with Gasteiger partial charge in [0.25, 0.3) is 0 Å². The summed E-state index contributed by atoms with van der Waals surface area (Å²) in [6, 6.07) is 3.62. The number of hydrogen-bond acceptors (Lipinski definition) is 7. The molecule has 3 N–H and O–H groups in total. The molecule has 1 unspecified atom stereocenters. The third kappa shape index (κ3) is 4.37. The van der Waals surface area contributed by atoms with Gasteiger partial charge in [0.05, 0.1) is 19.0 Å². The van der Waals surface area contributed by atoms with Crippen molar-refractivity contribution in [2.45, 2.75) is 25.9 Å². The Bertz CT molecular complexity index is 690. The van der Waals surface area contributed by atoms with Gasteiger partial charge in [-0.3, -0.25) is 9.69 Å². The van der Waals surface area contributed by atoms with Crippen LogP contribution in [0.4, 0.5) is 5.82 Å². The van der Waals surface area contributed by atoms with E-state index in [4.69, 9.17) is 10.3 Å². The lowest BCUT2D eigenvalue weighted by Gasteiger charge is -2.30. The summed E-state index contributed by atoms with van der Waals surface area (Å²) in [7, 11) is 0. The van der Waals surface area contributed by atoms with Crippen molar-refractivity contribution < 1.29 is 9.32 Å². The first-order valence-electron chi connectivity index (χ1n) is 7.80. The number of aromatic nitrogens is 3. The number of hydrogen-bond donors (Lipinski definition) is 2. The lowest BCUT2D eigenvalue weighted by Crippen LogP contribution is -2.40. The first-order chi connectivity index (χ1) is 11.6. The van der Waals surface area contributed by atoms with Crippen LogP contribution in [0.25, 0.3) is 0 Å². The summed E-state index contributed by atoms with van der Waals surface area (Å²) in [6.45, 7) is 2.36. The molecule has 0 aromatic carbocycles. The molecule has 9 heteroatoms. The van der Waals surface area contributed by atoms with Crippen molar-refractivity contribution in [3.05, 3.63) is 34.5 Å². The van der Waals surface area contributed by atoms with Gasteiger partial charge in [-0.25, -0.2) is 4.98 Å². The fourth-order valence-electron chi connectivity index (χ4n) is 2.73. The van der Waals surface area contributed by atoms with E-state index in [2.05, 4.69) is 41.3 Å². The van der Waals surface area contributed by atoms with Gasteiger partial charge in [0.15, 0.2) is 5.82 Å². The van der Waals surface area contributed by atoms with E-state index in [0.29, 0.717) is 30.6 Å². The second kappa shape index (κ2) is 7.82. The minimum atomic E-state index is -0.0786. The predicted molar refractivity (Wildman–Crippen MR) is 90.8 cm³/mol. The van der Waals surface area contributed by atoms with Crippen molar-refractivity contribution in [2.24, 2.45) is 11.7 Å². The molecule has 1 amide bonds. The van der Waals surface area contributed by atoms with Gasteiger partial charge in [0.2, 0.25) is 11.8 Å². The molecule has 3 rings (SSSR count). The molecule has 0 saturated carbocycles. The van der Waals surface area contributed by atoms with E-state index in [1.54, 1.807) is 12.3 Å². The molecular weight excluding hydrogens is 376 g/mol. The highest BCUT2D eigenvalue weighted by atomic mass is 79.9. The Labute approximate surface area is 147 Å². The molecule has 1 atom stereocenters. The van der Waals surface area contributed by atoms with Gasteiger partial charge >= 0.3 is 0 Å². The highest BCUT2D eigenvalue weighted by Gasteiger charge is 2.27. The second-order valence-electron chi connectivity index (χ2n) is 5.73. The summed E-state index contributed by atoms with van der Waals surface area (Å²) >= 11 is 3.33. The number of halogens is 1. The molecular formula is C15H19BrN6O2. The van der Waals surface area contributed by atoms with Crippen LogP contribution in [-0.4, -0.2) is 39.0 Å². The molecule has 0 bridgehead atoms. The fraction of sp³-hybridized carbons (Fsp3) is 0.467.